The number of morpholine rings is 1. The van der Waals surface area contributed by atoms with Crippen LogP contribution in [0.5, 0.6) is 0 Å². The number of rotatable bonds is 1. The molecule has 4 nitrogen and oxygen atoms in total. The van der Waals surface area contributed by atoms with E-state index in [1.54, 1.807) is 0 Å². The summed E-state index contributed by atoms with van der Waals surface area (Å²) >= 11 is 0. The third-order valence-corrected chi connectivity index (χ3v) is 5.13. The molecule has 0 N–H and O–H groups in total. The maximum Gasteiger partial charge on any atom is 0.351 e. The summed E-state index contributed by atoms with van der Waals surface area (Å²) in [7, 11) is 0. The second-order valence-corrected chi connectivity index (χ2v) is 6.23. The predicted octanol–water partition coefficient (Wildman–Crippen LogP) is 3.33. The molecule has 3 atom stereocenters. The SMILES string of the molecule is [C-]#[N+]C1(C#N)c2ccccc2N2CCOCC2C1c1ccccc1. The monoisotopic (exact) mass is 315 g/mol. The van der Waals surface area contributed by atoms with E-state index < -0.39 is 5.54 Å². The van der Waals surface area contributed by atoms with E-state index in [1.807, 2.05) is 54.6 Å². The van der Waals surface area contributed by atoms with E-state index in [9.17, 15) is 5.26 Å². The van der Waals surface area contributed by atoms with Gasteiger partial charge in [-0.05, 0) is 17.7 Å². The van der Waals surface area contributed by atoms with Crippen LogP contribution in [-0.4, -0.2) is 25.8 Å². The lowest BCUT2D eigenvalue weighted by Gasteiger charge is -2.48. The smallest absolute Gasteiger partial charge is 0.351 e. The molecule has 2 aromatic carbocycles. The van der Waals surface area contributed by atoms with Crippen LogP contribution < -0.4 is 4.90 Å². The van der Waals surface area contributed by atoms with Crippen LogP contribution in [-0.2, 0) is 10.3 Å². The highest BCUT2D eigenvalue weighted by atomic mass is 16.5. The highest BCUT2D eigenvalue weighted by Gasteiger charge is 2.59. The van der Waals surface area contributed by atoms with Crippen molar-refractivity contribution in [3.63, 3.8) is 0 Å². The van der Waals surface area contributed by atoms with Gasteiger partial charge in [-0.2, -0.15) is 5.26 Å². The Labute approximate surface area is 141 Å². The first-order valence-electron chi connectivity index (χ1n) is 8.10. The molecule has 2 aliphatic heterocycles. The van der Waals surface area contributed by atoms with Crippen molar-refractivity contribution in [1.29, 1.82) is 5.26 Å². The predicted molar refractivity (Wildman–Crippen MR) is 91.5 cm³/mol. The summed E-state index contributed by atoms with van der Waals surface area (Å²) in [4.78, 5) is 6.21. The molecule has 1 fully saturated rings. The Bertz CT molecular complexity index is 820. The topological polar surface area (TPSA) is 40.6 Å². The largest absolute Gasteiger partial charge is 0.377 e. The molecule has 0 aliphatic carbocycles. The summed E-state index contributed by atoms with van der Waals surface area (Å²) in [6.07, 6.45) is 0. The number of nitrogens with zero attached hydrogens (tertiary/aromatic N) is 3. The van der Waals surface area contributed by atoms with E-state index >= 15 is 0 Å². The van der Waals surface area contributed by atoms with Crippen molar-refractivity contribution in [2.75, 3.05) is 24.7 Å². The molecule has 2 aliphatic rings. The average molecular weight is 315 g/mol. The zero-order valence-corrected chi connectivity index (χ0v) is 13.2. The van der Waals surface area contributed by atoms with Gasteiger partial charge in [-0.15, -0.1) is 0 Å². The van der Waals surface area contributed by atoms with Gasteiger partial charge in [-0.25, -0.2) is 6.57 Å². The van der Waals surface area contributed by atoms with E-state index in [0.717, 1.165) is 23.4 Å². The van der Waals surface area contributed by atoms with Gasteiger partial charge < -0.3 is 9.64 Å². The molecule has 1 saturated heterocycles. The van der Waals surface area contributed by atoms with Crippen molar-refractivity contribution in [3.8, 4) is 6.07 Å². The number of hydrogen-bond acceptors (Lipinski definition) is 3. The second kappa shape index (κ2) is 5.67. The lowest BCUT2D eigenvalue weighted by molar-refractivity contribution is 0.0772. The first-order chi connectivity index (χ1) is 11.8. The molecule has 0 aromatic heterocycles. The van der Waals surface area contributed by atoms with Crippen LogP contribution in [0.25, 0.3) is 4.85 Å². The summed E-state index contributed by atoms with van der Waals surface area (Å²) in [6.45, 7) is 9.89. The Hall–Kier alpha value is -2.82. The Morgan fingerprint density at radius 1 is 1.17 bits per heavy atom. The molecule has 4 rings (SSSR count). The lowest BCUT2D eigenvalue weighted by atomic mass is 9.68. The number of benzene rings is 2. The van der Waals surface area contributed by atoms with Gasteiger partial charge in [-0.3, -0.25) is 4.85 Å². The Balaban J connectivity index is 2.00. The Morgan fingerprint density at radius 2 is 1.92 bits per heavy atom. The van der Waals surface area contributed by atoms with E-state index in [4.69, 9.17) is 11.3 Å². The first kappa shape index (κ1) is 14.8. The van der Waals surface area contributed by atoms with Gasteiger partial charge in [0.15, 0.2) is 6.07 Å². The van der Waals surface area contributed by atoms with Crippen molar-refractivity contribution in [2.24, 2.45) is 0 Å². The van der Waals surface area contributed by atoms with Crippen molar-refractivity contribution in [2.45, 2.75) is 17.5 Å². The minimum absolute atomic E-state index is 0.00944. The third kappa shape index (κ3) is 1.94. The summed E-state index contributed by atoms with van der Waals surface area (Å²) in [5.74, 6) is -0.239. The Morgan fingerprint density at radius 3 is 2.67 bits per heavy atom. The zero-order chi connectivity index (χ0) is 16.6. The Kier molecular flexibility index (Phi) is 3.49. The summed E-state index contributed by atoms with van der Waals surface area (Å²) in [6, 6.07) is 20.1. The molecule has 2 aromatic rings. The van der Waals surface area contributed by atoms with E-state index in [2.05, 4.69) is 15.8 Å². The van der Waals surface area contributed by atoms with E-state index in [1.165, 1.54) is 0 Å². The second-order valence-electron chi connectivity index (χ2n) is 6.23. The van der Waals surface area contributed by atoms with Crippen LogP contribution >= 0.6 is 0 Å². The number of ether oxygens (including phenoxy) is 1. The molecule has 4 heteroatoms. The summed E-state index contributed by atoms with van der Waals surface area (Å²) < 4.78 is 5.73. The molecule has 0 saturated carbocycles. The molecule has 0 amide bonds. The molecule has 0 radical (unpaired) electrons. The third-order valence-electron chi connectivity index (χ3n) is 5.13. The number of nitriles is 1. The fourth-order valence-corrected chi connectivity index (χ4v) is 4.10. The fraction of sp³-hybridized carbons (Fsp3) is 0.300. The summed E-state index contributed by atoms with van der Waals surface area (Å²) in [5, 5.41) is 10.1. The van der Waals surface area contributed by atoms with Gasteiger partial charge in [0.1, 0.15) is 5.92 Å². The number of anilines is 1. The van der Waals surface area contributed by atoms with Crippen molar-refractivity contribution in [3.05, 3.63) is 77.1 Å². The minimum atomic E-state index is -1.22. The summed E-state index contributed by atoms with van der Waals surface area (Å²) in [5.41, 5.74) is 1.61. The molecular weight excluding hydrogens is 298 g/mol. The molecule has 0 bridgehead atoms. The molecule has 24 heavy (non-hydrogen) atoms. The quantitative estimate of drug-likeness (QED) is 0.758. The van der Waals surface area contributed by atoms with Crippen LogP contribution in [0.3, 0.4) is 0 Å². The van der Waals surface area contributed by atoms with Crippen molar-refractivity contribution >= 4 is 5.69 Å². The lowest BCUT2D eigenvalue weighted by Crippen LogP contribution is -2.57. The maximum absolute atomic E-state index is 10.1. The van der Waals surface area contributed by atoms with Crippen LogP contribution in [0.15, 0.2) is 54.6 Å². The first-order valence-corrected chi connectivity index (χ1v) is 8.10. The van der Waals surface area contributed by atoms with Crippen LogP contribution in [0.2, 0.25) is 0 Å². The van der Waals surface area contributed by atoms with Crippen molar-refractivity contribution < 1.29 is 4.74 Å². The molecular formula is C20H17N3O. The van der Waals surface area contributed by atoms with Gasteiger partial charge in [0, 0.05) is 12.2 Å². The number of hydrogen-bond donors (Lipinski definition) is 0. The molecule has 3 unspecified atom stereocenters. The van der Waals surface area contributed by atoms with Gasteiger partial charge in [0.2, 0.25) is 0 Å². The standard InChI is InChI=1S/C20H17N3O/c1-22-20(14-21)16-9-5-6-10-17(16)23-11-12-24-13-18(23)19(20)15-7-3-2-4-8-15/h2-10,18-19H,11-13H2. The maximum atomic E-state index is 10.1. The van der Waals surface area contributed by atoms with Crippen molar-refractivity contribution in [1.82, 2.24) is 0 Å². The fourth-order valence-electron chi connectivity index (χ4n) is 4.10. The number of fused-ring (bicyclic) bond motifs is 3. The van der Waals surface area contributed by atoms with Gasteiger partial charge in [0.25, 0.3) is 0 Å². The zero-order valence-electron chi connectivity index (χ0n) is 13.2. The van der Waals surface area contributed by atoms with E-state index in [0.29, 0.717) is 13.2 Å². The molecule has 0 spiro atoms. The van der Waals surface area contributed by atoms with Crippen LogP contribution in [0.4, 0.5) is 5.69 Å². The normalized spacial score (nSPS) is 28.2. The average Bonchev–Trinajstić information content (AvgIpc) is 2.67. The molecule has 118 valence electrons. The van der Waals surface area contributed by atoms with Crippen LogP contribution in [0, 0.1) is 17.9 Å². The van der Waals surface area contributed by atoms with Crippen LogP contribution in [0.1, 0.15) is 17.0 Å². The van der Waals surface area contributed by atoms with Gasteiger partial charge in [0.05, 0.1) is 24.8 Å². The highest BCUT2D eigenvalue weighted by Crippen LogP contribution is 2.52. The van der Waals surface area contributed by atoms with E-state index in [-0.39, 0.29) is 12.0 Å². The van der Waals surface area contributed by atoms with Gasteiger partial charge >= 0.3 is 5.54 Å². The molecule has 2 heterocycles. The highest BCUT2D eigenvalue weighted by molar-refractivity contribution is 5.66. The number of para-hydroxylation sites is 1. The van der Waals surface area contributed by atoms with Gasteiger partial charge in [-0.1, -0.05) is 42.5 Å². The minimum Gasteiger partial charge on any atom is -0.377 e.